The molecule has 3 rings (SSSR count). The standard InChI is InChI=1S/C22H28N2O5S/c1-16(20-8-4-5-9-21(20)29-3)23-22(25)17-7-6-14-24(15-17)30(26,27)19-12-10-18(28-2)11-13-19/h4-5,8-13,16-17H,6-7,14-15H2,1-3H3,(H,23,25)/t16-,17-/m0/s1. The summed E-state index contributed by atoms with van der Waals surface area (Å²) < 4.78 is 37.9. The first-order chi connectivity index (χ1) is 14.4. The summed E-state index contributed by atoms with van der Waals surface area (Å²) in [6.45, 7) is 2.46. The van der Waals surface area contributed by atoms with Crippen molar-refractivity contribution >= 4 is 15.9 Å². The second-order valence-corrected chi connectivity index (χ2v) is 9.29. The Labute approximate surface area is 178 Å². The summed E-state index contributed by atoms with van der Waals surface area (Å²) in [7, 11) is -0.542. The maximum atomic E-state index is 13.0. The number of amides is 1. The molecule has 1 aliphatic heterocycles. The number of carbonyl (C=O) groups is 1. The summed E-state index contributed by atoms with van der Waals surface area (Å²) in [5.41, 5.74) is 0.881. The number of ether oxygens (including phenoxy) is 2. The topological polar surface area (TPSA) is 84.9 Å². The summed E-state index contributed by atoms with van der Waals surface area (Å²) in [5.74, 6) is 0.750. The van der Waals surface area contributed by atoms with Crippen molar-refractivity contribution in [2.24, 2.45) is 5.92 Å². The van der Waals surface area contributed by atoms with Crippen LogP contribution in [0.4, 0.5) is 0 Å². The largest absolute Gasteiger partial charge is 0.497 e. The Morgan fingerprint density at radius 3 is 2.47 bits per heavy atom. The van der Waals surface area contributed by atoms with Crippen LogP contribution >= 0.6 is 0 Å². The van der Waals surface area contributed by atoms with E-state index < -0.39 is 15.9 Å². The average molecular weight is 433 g/mol. The van der Waals surface area contributed by atoms with Crippen LogP contribution in [-0.2, 0) is 14.8 Å². The lowest BCUT2D eigenvalue weighted by molar-refractivity contribution is -0.126. The number of nitrogens with zero attached hydrogens (tertiary/aromatic N) is 1. The zero-order chi connectivity index (χ0) is 21.7. The molecule has 1 aliphatic rings. The maximum absolute atomic E-state index is 13.0. The number of benzene rings is 2. The van der Waals surface area contributed by atoms with Gasteiger partial charge in [-0.1, -0.05) is 18.2 Å². The Morgan fingerprint density at radius 1 is 1.10 bits per heavy atom. The molecule has 2 atom stereocenters. The molecule has 0 radical (unpaired) electrons. The number of methoxy groups -OCH3 is 2. The van der Waals surface area contributed by atoms with Gasteiger partial charge >= 0.3 is 0 Å². The zero-order valence-electron chi connectivity index (χ0n) is 17.5. The predicted octanol–water partition coefficient (Wildman–Crippen LogP) is 2.98. The highest BCUT2D eigenvalue weighted by Gasteiger charge is 2.33. The van der Waals surface area contributed by atoms with Crippen molar-refractivity contribution in [3.05, 3.63) is 54.1 Å². The second-order valence-electron chi connectivity index (χ2n) is 7.35. The SMILES string of the molecule is COc1ccc(S(=O)(=O)N2CCC[C@H](C(=O)N[C@@H](C)c3ccccc3OC)C2)cc1. The van der Waals surface area contributed by atoms with E-state index in [2.05, 4.69) is 5.32 Å². The summed E-state index contributed by atoms with van der Waals surface area (Å²) in [6, 6.07) is 13.6. The lowest BCUT2D eigenvalue weighted by Crippen LogP contribution is -2.45. The van der Waals surface area contributed by atoms with E-state index in [1.54, 1.807) is 19.2 Å². The van der Waals surface area contributed by atoms with Crippen LogP contribution in [-0.4, -0.2) is 45.9 Å². The summed E-state index contributed by atoms with van der Waals surface area (Å²) in [4.78, 5) is 13.1. The molecule has 7 nitrogen and oxygen atoms in total. The second kappa shape index (κ2) is 9.49. The first kappa shape index (κ1) is 22.1. The molecule has 0 unspecified atom stereocenters. The molecule has 2 aromatic carbocycles. The van der Waals surface area contributed by atoms with E-state index in [1.165, 1.54) is 23.5 Å². The van der Waals surface area contributed by atoms with Gasteiger partial charge in [-0.25, -0.2) is 8.42 Å². The van der Waals surface area contributed by atoms with Gasteiger partial charge in [0.25, 0.3) is 0 Å². The van der Waals surface area contributed by atoms with Crippen molar-refractivity contribution in [2.75, 3.05) is 27.3 Å². The lowest BCUT2D eigenvalue weighted by Gasteiger charge is -2.32. The first-order valence-corrected chi connectivity index (χ1v) is 11.4. The molecule has 1 fully saturated rings. The van der Waals surface area contributed by atoms with Crippen molar-refractivity contribution in [3.8, 4) is 11.5 Å². The van der Waals surface area contributed by atoms with E-state index in [0.29, 0.717) is 30.9 Å². The van der Waals surface area contributed by atoms with E-state index in [9.17, 15) is 13.2 Å². The fraction of sp³-hybridized carbons (Fsp3) is 0.409. The van der Waals surface area contributed by atoms with Crippen LogP contribution in [0, 0.1) is 5.92 Å². The Bertz CT molecular complexity index is 975. The van der Waals surface area contributed by atoms with Crippen LogP contribution in [0.25, 0.3) is 0 Å². The number of sulfonamides is 1. The van der Waals surface area contributed by atoms with Crippen LogP contribution in [0.1, 0.15) is 31.4 Å². The van der Waals surface area contributed by atoms with Crippen molar-refractivity contribution in [2.45, 2.75) is 30.7 Å². The number of piperidine rings is 1. The molecule has 0 saturated carbocycles. The smallest absolute Gasteiger partial charge is 0.243 e. The van der Waals surface area contributed by atoms with E-state index in [1.807, 2.05) is 31.2 Å². The van der Waals surface area contributed by atoms with Crippen LogP contribution in [0.2, 0.25) is 0 Å². The van der Waals surface area contributed by atoms with Gasteiger partial charge in [0.2, 0.25) is 15.9 Å². The number of para-hydroxylation sites is 1. The maximum Gasteiger partial charge on any atom is 0.243 e. The van der Waals surface area contributed by atoms with Gasteiger partial charge in [0.05, 0.1) is 31.1 Å². The molecule has 1 heterocycles. The lowest BCUT2D eigenvalue weighted by atomic mass is 9.97. The Hall–Kier alpha value is -2.58. The first-order valence-electron chi connectivity index (χ1n) is 9.94. The third-order valence-corrected chi connectivity index (χ3v) is 7.30. The molecule has 0 aliphatic carbocycles. The monoisotopic (exact) mass is 432 g/mol. The van der Waals surface area contributed by atoms with Crippen LogP contribution < -0.4 is 14.8 Å². The van der Waals surface area contributed by atoms with E-state index >= 15 is 0 Å². The molecule has 1 N–H and O–H groups in total. The summed E-state index contributed by atoms with van der Waals surface area (Å²) in [6.07, 6.45) is 1.29. The molecule has 1 saturated heterocycles. The van der Waals surface area contributed by atoms with Gasteiger partial charge in [0, 0.05) is 18.7 Å². The molecule has 1 amide bonds. The van der Waals surface area contributed by atoms with Crippen molar-refractivity contribution in [1.82, 2.24) is 9.62 Å². The van der Waals surface area contributed by atoms with Crippen LogP contribution in [0.3, 0.4) is 0 Å². The van der Waals surface area contributed by atoms with Crippen molar-refractivity contribution in [3.63, 3.8) is 0 Å². The number of nitrogens with one attached hydrogen (secondary N) is 1. The average Bonchev–Trinajstić information content (AvgIpc) is 2.79. The molecule has 162 valence electrons. The van der Waals surface area contributed by atoms with Crippen LogP contribution in [0.5, 0.6) is 11.5 Å². The van der Waals surface area contributed by atoms with Gasteiger partial charge in [-0.3, -0.25) is 4.79 Å². The predicted molar refractivity (Wildman–Crippen MR) is 114 cm³/mol. The molecule has 30 heavy (non-hydrogen) atoms. The molecular formula is C22H28N2O5S. The molecule has 0 aromatic heterocycles. The number of hydrogen-bond acceptors (Lipinski definition) is 5. The summed E-state index contributed by atoms with van der Waals surface area (Å²) in [5, 5.41) is 3.01. The normalized spacial score (nSPS) is 18.4. The Kier molecular flexibility index (Phi) is 6.99. The highest BCUT2D eigenvalue weighted by Crippen LogP contribution is 2.27. The van der Waals surface area contributed by atoms with Crippen LogP contribution in [0.15, 0.2) is 53.4 Å². The fourth-order valence-electron chi connectivity index (χ4n) is 3.70. The van der Waals surface area contributed by atoms with E-state index in [4.69, 9.17) is 9.47 Å². The summed E-state index contributed by atoms with van der Waals surface area (Å²) >= 11 is 0. The molecule has 0 bridgehead atoms. The molecule has 0 spiro atoms. The Morgan fingerprint density at radius 2 is 1.80 bits per heavy atom. The van der Waals surface area contributed by atoms with E-state index in [-0.39, 0.29) is 23.4 Å². The molecule has 2 aromatic rings. The van der Waals surface area contributed by atoms with E-state index in [0.717, 1.165) is 5.56 Å². The van der Waals surface area contributed by atoms with Gasteiger partial charge in [0.1, 0.15) is 11.5 Å². The molecule has 8 heteroatoms. The fourth-order valence-corrected chi connectivity index (χ4v) is 5.23. The van der Waals surface area contributed by atoms with Gasteiger partial charge in [-0.15, -0.1) is 0 Å². The van der Waals surface area contributed by atoms with Gasteiger partial charge < -0.3 is 14.8 Å². The number of rotatable bonds is 7. The van der Waals surface area contributed by atoms with Gasteiger partial charge in [-0.05, 0) is 50.1 Å². The Balaban J connectivity index is 1.69. The van der Waals surface area contributed by atoms with Crippen molar-refractivity contribution in [1.29, 1.82) is 0 Å². The minimum atomic E-state index is -3.67. The number of carbonyl (C=O) groups excluding carboxylic acids is 1. The quantitative estimate of drug-likeness (QED) is 0.727. The molecular weight excluding hydrogens is 404 g/mol. The van der Waals surface area contributed by atoms with Gasteiger partial charge in [-0.2, -0.15) is 4.31 Å². The highest BCUT2D eigenvalue weighted by molar-refractivity contribution is 7.89. The highest BCUT2D eigenvalue weighted by atomic mass is 32.2. The third-order valence-electron chi connectivity index (χ3n) is 5.42. The minimum absolute atomic E-state index is 0.150. The minimum Gasteiger partial charge on any atom is -0.497 e. The van der Waals surface area contributed by atoms with Gasteiger partial charge in [0.15, 0.2) is 0 Å². The van der Waals surface area contributed by atoms with Crippen molar-refractivity contribution < 1.29 is 22.7 Å². The zero-order valence-corrected chi connectivity index (χ0v) is 18.3. The third kappa shape index (κ3) is 4.76. The number of hydrogen-bond donors (Lipinski definition) is 1.